The largest absolute Gasteiger partial charge is 0.338 e. The van der Waals surface area contributed by atoms with Crippen molar-refractivity contribution < 1.29 is 9.32 Å². The van der Waals surface area contributed by atoms with Crippen LogP contribution in [0.4, 0.5) is 5.88 Å². The van der Waals surface area contributed by atoms with Gasteiger partial charge < -0.3 is 10.3 Å². The summed E-state index contributed by atoms with van der Waals surface area (Å²) in [6.45, 7) is 10.2. The average Bonchev–Trinajstić information content (AvgIpc) is 2.87. The highest BCUT2D eigenvalue weighted by atomic mass is 16.5. The Kier molecular flexibility index (Phi) is 5.24. The van der Waals surface area contributed by atoms with Gasteiger partial charge in [-0.1, -0.05) is 32.9 Å². The molecule has 1 aliphatic heterocycles. The lowest BCUT2D eigenvalue weighted by atomic mass is 9.91. The molecule has 1 aromatic heterocycles. The van der Waals surface area contributed by atoms with Crippen LogP contribution < -0.4 is 11.1 Å². The fourth-order valence-electron chi connectivity index (χ4n) is 2.96. The van der Waals surface area contributed by atoms with Crippen LogP contribution in [0.5, 0.6) is 0 Å². The van der Waals surface area contributed by atoms with Gasteiger partial charge in [0.05, 0.1) is 12.2 Å². The number of nitrogens with two attached hydrogens (primary N) is 1. The molecule has 2 heterocycles. The van der Waals surface area contributed by atoms with Crippen LogP contribution in [0.2, 0.25) is 0 Å². The number of anilines is 1. The molecular formula is C16H28N4O2. The number of carbonyl (C=O) groups excluding carboxylic acids is 1. The van der Waals surface area contributed by atoms with Crippen LogP contribution in [0.1, 0.15) is 46.2 Å². The lowest BCUT2D eigenvalue weighted by Crippen LogP contribution is -2.51. The minimum Gasteiger partial charge on any atom is -0.338 e. The van der Waals surface area contributed by atoms with Crippen molar-refractivity contribution in [3.8, 4) is 0 Å². The summed E-state index contributed by atoms with van der Waals surface area (Å²) >= 11 is 0. The van der Waals surface area contributed by atoms with Crippen LogP contribution in [0.3, 0.4) is 0 Å². The fraction of sp³-hybridized carbons (Fsp3) is 0.750. The molecule has 6 heteroatoms. The second-order valence-electron chi connectivity index (χ2n) is 7.27. The maximum Gasteiger partial charge on any atom is 0.240 e. The summed E-state index contributed by atoms with van der Waals surface area (Å²) in [5.74, 6) is 0.859. The quantitative estimate of drug-likeness (QED) is 0.888. The number of amides is 1. The molecule has 2 unspecified atom stereocenters. The number of aromatic nitrogens is 1. The summed E-state index contributed by atoms with van der Waals surface area (Å²) in [6, 6.07) is 2.07. The molecule has 0 bridgehead atoms. The number of hydrogen-bond donors (Lipinski definition) is 2. The van der Waals surface area contributed by atoms with Gasteiger partial charge in [0.25, 0.3) is 0 Å². The van der Waals surface area contributed by atoms with Gasteiger partial charge in [0.15, 0.2) is 0 Å². The Morgan fingerprint density at radius 1 is 1.55 bits per heavy atom. The number of nitrogens with one attached hydrogen (secondary N) is 1. The Bertz CT molecular complexity index is 506. The van der Waals surface area contributed by atoms with Crippen LogP contribution in [0.25, 0.3) is 0 Å². The molecule has 0 spiro atoms. The zero-order valence-electron chi connectivity index (χ0n) is 14.1. The number of likely N-dealkylation sites (tertiary alicyclic amines) is 1. The van der Waals surface area contributed by atoms with Crippen molar-refractivity contribution in [2.45, 2.75) is 52.0 Å². The highest BCUT2D eigenvalue weighted by molar-refractivity contribution is 5.91. The zero-order chi connectivity index (χ0) is 16.3. The first-order valence-electron chi connectivity index (χ1n) is 8.02. The zero-order valence-corrected chi connectivity index (χ0v) is 14.1. The molecule has 0 aromatic carbocycles. The van der Waals surface area contributed by atoms with E-state index in [0.717, 1.165) is 18.7 Å². The molecule has 3 N–H and O–H groups in total. The number of carbonyl (C=O) groups is 1. The third-order valence-corrected chi connectivity index (χ3v) is 4.36. The van der Waals surface area contributed by atoms with E-state index in [1.54, 1.807) is 6.07 Å². The Morgan fingerprint density at radius 3 is 2.86 bits per heavy atom. The molecule has 0 saturated carbocycles. The topological polar surface area (TPSA) is 84.4 Å². The molecule has 1 amide bonds. The van der Waals surface area contributed by atoms with Crippen molar-refractivity contribution >= 4 is 11.8 Å². The average molecular weight is 308 g/mol. The summed E-state index contributed by atoms with van der Waals surface area (Å²) in [6.07, 6.45) is 2.29. The standard InChI is InChI=1S/C16H28N4O2/c1-11-6-5-7-20(12(11)9-17)10-14(21)18-15-8-13(19-22-15)16(2,3)4/h8,11-12H,5-7,9-10,17H2,1-4H3,(H,18,21). The molecule has 2 rings (SSSR count). The third kappa shape index (κ3) is 4.08. The molecule has 1 saturated heterocycles. The monoisotopic (exact) mass is 308 g/mol. The van der Waals surface area contributed by atoms with Crippen LogP contribution in [0.15, 0.2) is 10.6 Å². The summed E-state index contributed by atoms with van der Waals surface area (Å²) in [4.78, 5) is 14.4. The maximum absolute atomic E-state index is 12.2. The Morgan fingerprint density at radius 2 is 2.27 bits per heavy atom. The van der Waals surface area contributed by atoms with Crippen molar-refractivity contribution in [1.82, 2.24) is 10.1 Å². The van der Waals surface area contributed by atoms with E-state index in [9.17, 15) is 4.79 Å². The van der Waals surface area contributed by atoms with Crippen LogP contribution in [-0.2, 0) is 10.2 Å². The second kappa shape index (κ2) is 6.79. The minimum atomic E-state index is -0.0978. The lowest BCUT2D eigenvalue weighted by Gasteiger charge is -2.38. The van der Waals surface area contributed by atoms with E-state index in [1.165, 1.54) is 6.42 Å². The van der Waals surface area contributed by atoms with Crippen LogP contribution >= 0.6 is 0 Å². The molecule has 22 heavy (non-hydrogen) atoms. The summed E-state index contributed by atoms with van der Waals surface area (Å²) in [5, 5.41) is 6.80. The van der Waals surface area contributed by atoms with Crippen molar-refractivity contribution in [3.63, 3.8) is 0 Å². The minimum absolute atomic E-state index is 0.0795. The van der Waals surface area contributed by atoms with E-state index >= 15 is 0 Å². The molecule has 1 aliphatic rings. The molecule has 1 fully saturated rings. The number of rotatable bonds is 4. The van der Waals surface area contributed by atoms with Gasteiger partial charge in [-0.2, -0.15) is 0 Å². The van der Waals surface area contributed by atoms with E-state index in [4.69, 9.17) is 10.3 Å². The van der Waals surface area contributed by atoms with Gasteiger partial charge in [-0.25, -0.2) is 0 Å². The maximum atomic E-state index is 12.2. The molecule has 0 aliphatic carbocycles. The first kappa shape index (κ1) is 17.0. The van der Waals surface area contributed by atoms with Gasteiger partial charge in [-0.3, -0.25) is 15.0 Å². The van der Waals surface area contributed by atoms with Crippen molar-refractivity contribution in [2.75, 3.05) is 25.0 Å². The Balaban J connectivity index is 1.93. The first-order chi connectivity index (χ1) is 10.3. The van der Waals surface area contributed by atoms with Gasteiger partial charge >= 0.3 is 0 Å². The van der Waals surface area contributed by atoms with Crippen LogP contribution in [-0.4, -0.2) is 41.6 Å². The van der Waals surface area contributed by atoms with Crippen molar-refractivity contribution in [3.05, 3.63) is 11.8 Å². The third-order valence-electron chi connectivity index (χ3n) is 4.36. The molecule has 2 atom stereocenters. The fourth-order valence-corrected chi connectivity index (χ4v) is 2.96. The highest BCUT2D eigenvalue weighted by Crippen LogP contribution is 2.24. The Hall–Kier alpha value is -1.40. The molecule has 0 radical (unpaired) electrons. The van der Waals surface area contributed by atoms with Crippen LogP contribution in [0, 0.1) is 5.92 Å². The smallest absolute Gasteiger partial charge is 0.240 e. The SMILES string of the molecule is CC1CCCN(CC(=O)Nc2cc(C(C)(C)C)no2)C1CN. The molecule has 6 nitrogen and oxygen atoms in total. The summed E-state index contributed by atoms with van der Waals surface area (Å²) < 4.78 is 5.20. The Labute approximate surface area is 132 Å². The van der Waals surface area contributed by atoms with Gasteiger partial charge in [0.1, 0.15) is 0 Å². The first-order valence-corrected chi connectivity index (χ1v) is 8.02. The van der Waals surface area contributed by atoms with Crippen molar-refractivity contribution in [1.29, 1.82) is 0 Å². The van der Waals surface area contributed by atoms with E-state index < -0.39 is 0 Å². The molecule has 1 aromatic rings. The van der Waals surface area contributed by atoms with Gasteiger partial charge in [-0.15, -0.1) is 0 Å². The predicted octanol–water partition coefficient (Wildman–Crippen LogP) is 1.97. The summed E-state index contributed by atoms with van der Waals surface area (Å²) in [5.41, 5.74) is 6.59. The van der Waals surface area contributed by atoms with E-state index in [-0.39, 0.29) is 17.4 Å². The van der Waals surface area contributed by atoms with E-state index in [0.29, 0.717) is 24.9 Å². The summed E-state index contributed by atoms with van der Waals surface area (Å²) in [7, 11) is 0. The number of hydrogen-bond acceptors (Lipinski definition) is 5. The highest BCUT2D eigenvalue weighted by Gasteiger charge is 2.29. The second-order valence-corrected chi connectivity index (χ2v) is 7.27. The number of nitrogens with zero attached hydrogens (tertiary/aromatic N) is 2. The van der Waals surface area contributed by atoms with E-state index in [1.807, 2.05) is 0 Å². The van der Waals surface area contributed by atoms with Crippen molar-refractivity contribution in [2.24, 2.45) is 11.7 Å². The molecule has 124 valence electrons. The number of piperidine rings is 1. The molecular weight excluding hydrogens is 280 g/mol. The van der Waals surface area contributed by atoms with Gasteiger partial charge in [0, 0.05) is 24.1 Å². The van der Waals surface area contributed by atoms with E-state index in [2.05, 4.69) is 43.1 Å². The normalized spacial score (nSPS) is 23.5. The van der Waals surface area contributed by atoms with Gasteiger partial charge in [-0.05, 0) is 25.3 Å². The predicted molar refractivity (Wildman–Crippen MR) is 86.6 cm³/mol. The van der Waals surface area contributed by atoms with Gasteiger partial charge in [0.2, 0.25) is 11.8 Å². The lowest BCUT2D eigenvalue weighted by molar-refractivity contribution is -0.118.